The summed E-state index contributed by atoms with van der Waals surface area (Å²) in [4.78, 5) is 0. The SMILES string of the molecule is CS(=O)(=O)C(=N)C#N. The third-order valence-electron chi connectivity index (χ3n) is 0.472. The summed E-state index contributed by atoms with van der Waals surface area (Å²) in [6, 6.07) is 1.20. The van der Waals surface area contributed by atoms with Gasteiger partial charge < -0.3 is 0 Å². The van der Waals surface area contributed by atoms with Gasteiger partial charge in [0.25, 0.3) is 0 Å². The van der Waals surface area contributed by atoms with Gasteiger partial charge in [0, 0.05) is 6.26 Å². The number of nitriles is 1. The molecule has 0 unspecified atom stereocenters. The van der Waals surface area contributed by atoms with Gasteiger partial charge >= 0.3 is 0 Å². The van der Waals surface area contributed by atoms with Crippen molar-refractivity contribution >= 4 is 14.9 Å². The summed E-state index contributed by atoms with van der Waals surface area (Å²) in [7, 11) is -3.53. The first kappa shape index (κ1) is 7.11. The fourth-order valence-electron chi connectivity index (χ4n) is 0.0829. The Kier molecular flexibility index (Phi) is 1.71. The molecule has 0 bridgehead atoms. The van der Waals surface area contributed by atoms with Crippen LogP contribution in [-0.4, -0.2) is 19.7 Å². The van der Waals surface area contributed by atoms with Gasteiger partial charge in [-0.25, -0.2) is 8.42 Å². The Morgan fingerprint density at radius 3 is 2.12 bits per heavy atom. The lowest BCUT2D eigenvalue weighted by atomic mass is 10.9. The number of hydrogen-bond donors (Lipinski definition) is 1. The normalized spacial score (nSPS) is 10.0. The third-order valence-corrected chi connectivity index (χ3v) is 1.31. The largest absolute Gasteiger partial charge is 0.280 e. The molecule has 5 heteroatoms. The van der Waals surface area contributed by atoms with Gasteiger partial charge in [0.05, 0.1) is 0 Å². The molecule has 0 heterocycles. The zero-order valence-electron chi connectivity index (χ0n) is 4.17. The summed E-state index contributed by atoms with van der Waals surface area (Å²) in [5.74, 6) is 0. The Morgan fingerprint density at radius 2 is 2.12 bits per heavy atom. The zero-order chi connectivity index (χ0) is 6.78. The van der Waals surface area contributed by atoms with Gasteiger partial charge in [-0.2, -0.15) is 5.26 Å². The van der Waals surface area contributed by atoms with Crippen molar-refractivity contribution in [2.24, 2.45) is 0 Å². The summed E-state index contributed by atoms with van der Waals surface area (Å²) >= 11 is 0. The van der Waals surface area contributed by atoms with Crippen molar-refractivity contribution in [1.82, 2.24) is 0 Å². The van der Waals surface area contributed by atoms with Gasteiger partial charge in [-0.15, -0.1) is 0 Å². The lowest BCUT2D eigenvalue weighted by molar-refractivity contribution is 0.612. The van der Waals surface area contributed by atoms with Crippen LogP contribution < -0.4 is 0 Å². The zero-order valence-corrected chi connectivity index (χ0v) is 4.99. The van der Waals surface area contributed by atoms with Crippen molar-refractivity contribution in [3.05, 3.63) is 0 Å². The Morgan fingerprint density at radius 1 is 1.75 bits per heavy atom. The van der Waals surface area contributed by atoms with E-state index < -0.39 is 14.9 Å². The first-order valence-electron chi connectivity index (χ1n) is 1.67. The van der Waals surface area contributed by atoms with Crippen LogP contribution in [0.1, 0.15) is 0 Å². The first-order valence-corrected chi connectivity index (χ1v) is 3.56. The van der Waals surface area contributed by atoms with E-state index in [9.17, 15) is 8.42 Å². The quantitative estimate of drug-likeness (QED) is 0.357. The second-order valence-electron chi connectivity index (χ2n) is 1.21. The van der Waals surface area contributed by atoms with E-state index in [4.69, 9.17) is 10.7 Å². The number of nitrogens with one attached hydrogen (secondary N) is 1. The monoisotopic (exact) mass is 132 g/mol. The van der Waals surface area contributed by atoms with E-state index in [0.29, 0.717) is 0 Å². The topological polar surface area (TPSA) is 81.8 Å². The molecule has 0 atom stereocenters. The maximum atomic E-state index is 10.1. The highest BCUT2D eigenvalue weighted by molar-refractivity contribution is 8.06. The van der Waals surface area contributed by atoms with Gasteiger partial charge in [0.2, 0.25) is 14.9 Å². The molecule has 0 aliphatic heterocycles. The average Bonchev–Trinajstić information content (AvgIpc) is 1.62. The van der Waals surface area contributed by atoms with Gasteiger partial charge in [-0.3, -0.25) is 5.41 Å². The Bertz CT molecular complexity index is 232. The van der Waals surface area contributed by atoms with Gasteiger partial charge in [0.15, 0.2) is 0 Å². The predicted octanol–water partition coefficient (Wildman–Crippen LogP) is -0.468. The van der Waals surface area contributed by atoms with Crippen LogP contribution in [0.2, 0.25) is 0 Å². The van der Waals surface area contributed by atoms with Crippen molar-refractivity contribution in [2.75, 3.05) is 6.26 Å². The highest BCUT2D eigenvalue weighted by atomic mass is 32.2. The summed E-state index contributed by atoms with van der Waals surface area (Å²) in [5.41, 5.74) is 0. The smallest absolute Gasteiger partial charge is 0.225 e. The van der Waals surface area contributed by atoms with Gasteiger partial charge in [-0.1, -0.05) is 0 Å². The molecule has 0 saturated carbocycles. The molecule has 0 fully saturated rings. The van der Waals surface area contributed by atoms with Gasteiger partial charge in [-0.05, 0) is 0 Å². The Balaban J connectivity index is 4.62. The van der Waals surface area contributed by atoms with E-state index in [2.05, 4.69) is 0 Å². The van der Waals surface area contributed by atoms with Crippen LogP contribution in [0.15, 0.2) is 0 Å². The van der Waals surface area contributed by atoms with Crippen LogP contribution in [-0.2, 0) is 9.84 Å². The molecule has 0 aromatic rings. The fraction of sp³-hybridized carbons (Fsp3) is 0.333. The molecule has 44 valence electrons. The molecule has 4 nitrogen and oxygen atoms in total. The summed E-state index contributed by atoms with van der Waals surface area (Å²) in [6.45, 7) is 0. The summed E-state index contributed by atoms with van der Waals surface area (Å²) in [5, 5.41) is 13.4. The average molecular weight is 132 g/mol. The van der Waals surface area contributed by atoms with Crippen molar-refractivity contribution in [3.63, 3.8) is 0 Å². The van der Waals surface area contributed by atoms with Crippen LogP contribution in [0.5, 0.6) is 0 Å². The van der Waals surface area contributed by atoms with Crippen molar-refractivity contribution in [3.8, 4) is 6.07 Å². The van der Waals surface area contributed by atoms with Crippen molar-refractivity contribution < 1.29 is 8.42 Å². The first-order chi connectivity index (χ1) is 3.48. The van der Waals surface area contributed by atoms with Crippen LogP contribution in [0.25, 0.3) is 0 Å². The standard InChI is InChI=1S/C3H4N2O2S/c1-8(6,7)3(5)2-4/h5H,1H3. The Hall–Kier alpha value is -0.890. The molecule has 8 heavy (non-hydrogen) atoms. The van der Waals surface area contributed by atoms with Crippen LogP contribution in [0, 0.1) is 16.7 Å². The molecule has 0 spiro atoms. The maximum absolute atomic E-state index is 10.1. The maximum Gasteiger partial charge on any atom is 0.225 e. The molecule has 0 aromatic carbocycles. The van der Waals surface area contributed by atoms with Crippen LogP contribution >= 0.6 is 0 Å². The van der Waals surface area contributed by atoms with Crippen LogP contribution in [0.3, 0.4) is 0 Å². The molecular weight excluding hydrogens is 128 g/mol. The van der Waals surface area contributed by atoms with Crippen molar-refractivity contribution in [1.29, 1.82) is 10.7 Å². The summed E-state index contributed by atoms with van der Waals surface area (Å²) < 4.78 is 20.2. The second-order valence-corrected chi connectivity index (χ2v) is 3.17. The van der Waals surface area contributed by atoms with Crippen molar-refractivity contribution in [2.45, 2.75) is 0 Å². The number of sulfone groups is 1. The lowest BCUT2D eigenvalue weighted by Gasteiger charge is -1.82. The molecule has 1 N–H and O–H groups in total. The molecular formula is C3H4N2O2S. The number of nitrogens with zero attached hydrogens (tertiary/aromatic N) is 1. The van der Waals surface area contributed by atoms with E-state index in [1.165, 1.54) is 6.07 Å². The molecule has 0 saturated heterocycles. The van der Waals surface area contributed by atoms with E-state index in [1.54, 1.807) is 0 Å². The molecule has 0 aliphatic rings. The molecule has 0 radical (unpaired) electrons. The highest BCUT2D eigenvalue weighted by Crippen LogP contribution is 1.81. The van der Waals surface area contributed by atoms with Crippen LogP contribution in [0.4, 0.5) is 0 Å². The van der Waals surface area contributed by atoms with E-state index in [-0.39, 0.29) is 0 Å². The van der Waals surface area contributed by atoms with E-state index in [0.717, 1.165) is 6.26 Å². The lowest BCUT2D eigenvalue weighted by Crippen LogP contribution is -2.07. The number of rotatable bonds is 0. The fourth-order valence-corrected chi connectivity index (χ4v) is 0.249. The second kappa shape index (κ2) is 1.92. The minimum Gasteiger partial charge on any atom is -0.280 e. The molecule has 0 amide bonds. The highest BCUT2D eigenvalue weighted by Gasteiger charge is 2.07. The minimum absolute atomic E-state index is 0.818. The van der Waals surface area contributed by atoms with E-state index >= 15 is 0 Å². The molecule has 0 aromatic heterocycles. The predicted molar refractivity (Wildman–Crippen MR) is 28.2 cm³/mol. The number of hydrogen-bond acceptors (Lipinski definition) is 4. The van der Waals surface area contributed by atoms with E-state index in [1.807, 2.05) is 0 Å². The molecule has 0 rings (SSSR count). The summed E-state index contributed by atoms with van der Waals surface area (Å²) in [6.07, 6.45) is 0.818. The minimum atomic E-state index is -3.53. The molecule has 0 aliphatic carbocycles. The van der Waals surface area contributed by atoms with Gasteiger partial charge in [0.1, 0.15) is 6.07 Å². The Labute approximate surface area is 47.2 Å². The third kappa shape index (κ3) is 1.71.